The molecule has 0 bridgehead atoms. The zero-order valence-corrected chi connectivity index (χ0v) is 17.3. The first kappa shape index (κ1) is 19.4. The van der Waals surface area contributed by atoms with Gasteiger partial charge in [-0.15, -0.1) is 0 Å². The Labute approximate surface area is 166 Å². The fraction of sp³-hybridized carbons (Fsp3) is 0.350. The van der Waals surface area contributed by atoms with Gasteiger partial charge < -0.3 is 24.3 Å². The molecule has 2 aromatic carbocycles. The molecule has 1 unspecified atom stereocenters. The number of anilines is 1. The number of hydrogen-bond acceptors (Lipinski definition) is 5. The molecule has 0 radical (unpaired) electrons. The highest BCUT2D eigenvalue weighted by molar-refractivity contribution is 9.10. The first-order valence-corrected chi connectivity index (χ1v) is 9.38. The van der Waals surface area contributed by atoms with E-state index in [2.05, 4.69) is 21.2 Å². The highest BCUT2D eigenvalue weighted by atomic mass is 79.9. The Morgan fingerprint density at radius 3 is 2.44 bits per heavy atom. The molecule has 1 aliphatic rings. The number of fused-ring (bicyclic) bond motifs is 1. The molecule has 0 fully saturated rings. The second-order valence-electron chi connectivity index (χ2n) is 6.03. The van der Waals surface area contributed by atoms with Crippen LogP contribution in [0.25, 0.3) is 0 Å². The molecule has 2 aromatic rings. The number of carbonyl (C=O) groups is 1. The van der Waals surface area contributed by atoms with Gasteiger partial charge in [0, 0.05) is 34.0 Å². The third-order valence-electron chi connectivity index (χ3n) is 4.53. The Morgan fingerprint density at radius 1 is 1.07 bits per heavy atom. The van der Waals surface area contributed by atoms with Crippen LogP contribution in [0, 0.1) is 0 Å². The minimum absolute atomic E-state index is 0.0794. The number of carbonyl (C=O) groups excluding carboxylic acids is 1. The third-order valence-corrected chi connectivity index (χ3v) is 5.02. The zero-order valence-electron chi connectivity index (χ0n) is 15.7. The summed E-state index contributed by atoms with van der Waals surface area (Å²) in [5, 5.41) is 2.92. The molecular weight excluding hydrogens is 414 g/mol. The lowest BCUT2D eigenvalue weighted by Crippen LogP contribution is -2.25. The van der Waals surface area contributed by atoms with Gasteiger partial charge >= 0.3 is 0 Å². The molecule has 0 saturated heterocycles. The van der Waals surface area contributed by atoms with Gasteiger partial charge in [0.2, 0.25) is 11.7 Å². The van der Waals surface area contributed by atoms with Crippen LogP contribution in [0.5, 0.6) is 23.0 Å². The zero-order chi connectivity index (χ0) is 19.6. The SMILES string of the molecule is CCOc1ccc(Br)cc1C1CC(=O)Nc2cc(OC)c(OC)c(OC)c21. The lowest BCUT2D eigenvalue weighted by atomic mass is 9.83. The Hall–Kier alpha value is -2.41. The molecular formula is C20H22BrNO5. The molecule has 0 spiro atoms. The standard InChI is InChI=1S/C20H22BrNO5/c1-5-27-15-7-6-11(21)8-12(15)13-9-17(23)22-14-10-16(24-2)19(25-3)20(26-4)18(13)14/h6-8,10,13H,5,9H2,1-4H3,(H,22,23). The molecule has 0 saturated carbocycles. The van der Waals surface area contributed by atoms with Crippen molar-refractivity contribution in [2.24, 2.45) is 0 Å². The van der Waals surface area contributed by atoms with E-state index >= 15 is 0 Å². The largest absolute Gasteiger partial charge is 0.494 e. The minimum atomic E-state index is -0.248. The number of ether oxygens (including phenoxy) is 4. The second kappa shape index (κ2) is 8.08. The van der Waals surface area contributed by atoms with Gasteiger partial charge in [-0.1, -0.05) is 15.9 Å². The van der Waals surface area contributed by atoms with E-state index in [1.54, 1.807) is 27.4 Å². The van der Waals surface area contributed by atoms with Crippen molar-refractivity contribution in [2.45, 2.75) is 19.3 Å². The van der Waals surface area contributed by atoms with E-state index in [9.17, 15) is 4.79 Å². The Morgan fingerprint density at radius 2 is 1.81 bits per heavy atom. The van der Waals surface area contributed by atoms with Crippen molar-refractivity contribution in [2.75, 3.05) is 33.3 Å². The number of rotatable bonds is 6. The average Bonchev–Trinajstić information content (AvgIpc) is 2.67. The fourth-order valence-electron chi connectivity index (χ4n) is 3.46. The predicted molar refractivity (Wildman–Crippen MR) is 106 cm³/mol. The van der Waals surface area contributed by atoms with Crippen molar-refractivity contribution in [3.05, 3.63) is 39.9 Å². The van der Waals surface area contributed by atoms with E-state index in [0.29, 0.717) is 29.5 Å². The number of benzene rings is 2. The summed E-state index contributed by atoms with van der Waals surface area (Å²) in [6.07, 6.45) is 0.273. The molecule has 7 heteroatoms. The van der Waals surface area contributed by atoms with Gasteiger partial charge in [-0.05, 0) is 25.1 Å². The molecule has 0 aromatic heterocycles. The Bertz CT molecular complexity index is 868. The monoisotopic (exact) mass is 435 g/mol. The molecule has 1 aliphatic heterocycles. The Balaban J connectivity index is 2.28. The van der Waals surface area contributed by atoms with E-state index in [1.807, 2.05) is 25.1 Å². The van der Waals surface area contributed by atoms with Crippen molar-refractivity contribution in [1.29, 1.82) is 0 Å². The van der Waals surface area contributed by atoms with Gasteiger partial charge in [-0.25, -0.2) is 0 Å². The van der Waals surface area contributed by atoms with Crippen LogP contribution in [-0.2, 0) is 4.79 Å². The maximum absolute atomic E-state index is 12.4. The topological polar surface area (TPSA) is 66.0 Å². The third kappa shape index (κ3) is 3.56. The highest BCUT2D eigenvalue weighted by Crippen LogP contribution is 2.52. The van der Waals surface area contributed by atoms with Gasteiger partial charge in [0.1, 0.15) is 5.75 Å². The van der Waals surface area contributed by atoms with Crippen LogP contribution >= 0.6 is 15.9 Å². The summed E-state index contributed by atoms with van der Waals surface area (Å²) < 4.78 is 23.4. The smallest absolute Gasteiger partial charge is 0.225 e. The maximum atomic E-state index is 12.4. The first-order valence-electron chi connectivity index (χ1n) is 8.58. The summed E-state index contributed by atoms with van der Waals surface area (Å²) in [7, 11) is 4.69. The summed E-state index contributed by atoms with van der Waals surface area (Å²) in [4.78, 5) is 12.4. The molecule has 1 atom stereocenters. The summed E-state index contributed by atoms with van der Waals surface area (Å²) >= 11 is 3.52. The summed E-state index contributed by atoms with van der Waals surface area (Å²) in [5.74, 6) is 1.94. The second-order valence-corrected chi connectivity index (χ2v) is 6.94. The van der Waals surface area contributed by atoms with E-state index < -0.39 is 0 Å². The van der Waals surface area contributed by atoms with Crippen LogP contribution in [0.3, 0.4) is 0 Å². The highest BCUT2D eigenvalue weighted by Gasteiger charge is 2.35. The molecule has 27 heavy (non-hydrogen) atoms. The first-order chi connectivity index (χ1) is 13.0. The summed E-state index contributed by atoms with van der Waals surface area (Å²) in [6.45, 7) is 2.46. The number of halogens is 1. The van der Waals surface area contributed by atoms with Gasteiger partial charge in [-0.2, -0.15) is 0 Å². The predicted octanol–water partition coefficient (Wildman–Crippen LogP) is 4.35. The number of hydrogen-bond donors (Lipinski definition) is 1. The van der Waals surface area contributed by atoms with Gasteiger partial charge in [0.25, 0.3) is 0 Å². The molecule has 1 amide bonds. The normalized spacial score (nSPS) is 15.6. The van der Waals surface area contributed by atoms with Crippen molar-refractivity contribution in [1.82, 2.24) is 0 Å². The molecule has 3 rings (SSSR count). The van der Waals surface area contributed by atoms with Gasteiger partial charge in [-0.3, -0.25) is 4.79 Å². The minimum Gasteiger partial charge on any atom is -0.494 e. The lowest BCUT2D eigenvalue weighted by molar-refractivity contribution is -0.116. The maximum Gasteiger partial charge on any atom is 0.225 e. The van der Waals surface area contributed by atoms with E-state index in [0.717, 1.165) is 21.3 Å². The lowest BCUT2D eigenvalue weighted by Gasteiger charge is -2.30. The van der Waals surface area contributed by atoms with Gasteiger partial charge in [0.05, 0.1) is 33.6 Å². The average molecular weight is 436 g/mol. The fourth-order valence-corrected chi connectivity index (χ4v) is 3.84. The van der Waals surface area contributed by atoms with Crippen LogP contribution in [0.1, 0.15) is 30.4 Å². The molecule has 144 valence electrons. The molecule has 1 heterocycles. The van der Waals surface area contributed by atoms with E-state index in [-0.39, 0.29) is 18.2 Å². The van der Waals surface area contributed by atoms with Crippen LogP contribution in [0.2, 0.25) is 0 Å². The van der Waals surface area contributed by atoms with E-state index in [1.165, 1.54) is 0 Å². The number of nitrogens with one attached hydrogen (secondary N) is 1. The summed E-state index contributed by atoms with van der Waals surface area (Å²) in [6, 6.07) is 7.57. The van der Waals surface area contributed by atoms with Crippen molar-refractivity contribution >= 4 is 27.5 Å². The van der Waals surface area contributed by atoms with Crippen LogP contribution in [0.4, 0.5) is 5.69 Å². The van der Waals surface area contributed by atoms with Crippen LogP contribution < -0.4 is 24.3 Å². The van der Waals surface area contributed by atoms with Crippen molar-refractivity contribution in [3.8, 4) is 23.0 Å². The number of amides is 1. The molecule has 0 aliphatic carbocycles. The van der Waals surface area contributed by atoms with Crippen LogP contribution in [0.15, 0.2) is 28.7 Å². The quantitative estimate of drug-likeness (QED) is 0.730. The van der Waals surface area contributed by atoms with Crippen LogP contribution in [-0.4, -0.2) is 33.8 Å². The van der Waals surface area contributed by atoms with Crippen molar-refractivity contribution in [3.63, 3.8) is 0 Å². The van der Waals surface area contributed by atoms with E-state index in [4.69, 9.17) is 18.9 Å². The Kier molecular flexibility index (Phi) is 5.79. The van der Waals surface area contributed by atoms with Crippen molar-refractivity contribution < 1.29 is 23.7 Å². The summed E-state index contributed by atoms with van der Waals surface area (Å²) in [5.41, 5.74) is 2.40. The molecule has 1 N–H and O–H groups in total. The molecule has 6 nitrogen and oxygen atoms in total. The van der Waals surface area contributed by atoms with Gasteiger partial charge in [0.15, 0.2) is 11.5 Å². The number of methoxy groups -OCH3 is 3.